The normalized spacial score (nSPS) is 15.3. The Balaban J connectivity index is 1.70. The Hall–Kier alpha value is -3.31. The molecule has 1 heterocycles. The predicted molar refractivity (Wildman–Crippen MR) is 117 cm³/mol. The number of hydrazone groups is 1. The van der Waals surface area contributed by atoms with Crippen molar-refractivity contribution in [3.8, 4) is 11.5 Å². The molecule has 0 aliphatic carbocycles. The van der Waals surface area contributed by atoms with E-state index in [-0.39, 0.29) is 22.4 Å². The van der Waals surface area contributed by atoms with E-state index >= 15 is 0 Å². The van der Waals surface area contributed by atoms with Crippen LogP contribution in [0.4, 0.5) is 5.69 Å². The average Bonchev–Trinajstić information content (AvgIpc) is 2.99. The summed E-state index contributed by atoms with van der Waals surface area (Å²) in [7, 11) is 0. The quantitative estimate of drug-likeness (QED) is 0.590. The van der Waals surface area contributed by atoms with E-state index in [1.54, 1.807) is 25.1 Å². The lowest BCUT2D eigenvalue weighted by atomic mass is 10.1. The molecule has 0 aromatic heterocycles. The van der Waals surface area contributed by atoms with Gasteiger partial charge in [-0.3, -0.25) is 4.79 Å². The van der Waals surface area contributed by atoms with Gasteiger partial charge < -0.3 is 9.84 Å². The SMILES string of the molecule is CCOc1cc(/C=C2/C(=O)N(c3ccc4ccccc4c3)N=C2C)cc(Cl)c1O. The van der Waals surface area contributed by atoms with E-state index in [2.05, 4.69) is 5.10 Å². The van der Waals surface area contributed by atoms with Crippen molar-refractivity contribution >= 4 is 45.8 Å². The van der Waals surface area contributed by atoms with Crippen LogP contribution < -0.4 is 9.75 Å². The average molecular weight is 407 g/mol. The smallest absolute Gasteiger partial charge is 0.280 e. The zero-order valence-corrected chi connectivity index (χ0v) is 16.8. The maximum Gasteiger partial charge on any atom is 0.280 e. The third-order valence-corrected chi connectivity index (χ3v) is 4.99. The number of nitrogens with zero attached hydrogens (tertiary/aromatic N) is 2. The molecule has 1 amide bonds. The van der Waals surface area contributed by atoms with E-state index in [1.165, 1.54) is 5.01 Å². The van der Waals surface area contributed by atoms with Gasteiger partial charge in [-0.25, -0.2) is 0 Å². The van der Waals surface area contributed by atoms with E-state index in [1.807, 2.05) is 49.4 Å². The summed E-state index contributed by atoms with van der Waals surface area (Å²) >= 11 is 6.11. The number of ether oxygens (including phenoxy) is 1. The summed E-state index contributed by atoms with van der Waals surface area (Å²) in [6.07, 6.45) is 1.70. The molecule has 29 heavy (non-hydrogen) atoms. The summed E-state index contributed by atoms with van der Waals surface area (Å²) in [5.41, 5.74) is 2.41. The fraction of sp³-hybridized carbons (Fsp3) is 0.130. The van der Waals surface area contributed by atoms with Gasteiger partial charge in [-0.05, 0) is 60.5 Å². The first kappa shape index (κ1) is 19.0. The van der Waals surface area contributed by atoms with E-state index in [4.69, 9.17) is 16.3 Å². The molecule has 1 aliphatic heterocycles. The topological polar surface area (TPSA) is 62.1 Å². The summed E-state index contributed by atoms with van der Waals surface area (Å²) < 4.78 is 5.42. The largest absolute Gasteiger partial charge is 0.503 e. The Labute approximate surface area is 173 Å². The molecule has 0 radical (unpaired) electrons. The van der Waals surface area contributed by atoms with Crippen LogP contribution >= 0.6 is 11.6 Å². The van der Waals surface area contributed by atoms with Gasteiger partial charge in [0.25, 0.3) is 5.91 Å². The Morgan fingerprint density at radius 1 is 1.14 bits per heavy atom. The van der Waals surface area contributed by atoms with Gasteiger partial charge in [0.2, 0.25) is 0 Å². The Bertz CT molecular complexity index is 1180. The lowest BCUT2D eigenvalue weighted by Gasteiger charge is -2.13. The third kappa shape index (κ3) is 3.57. The molecular weight excluding hydrogens is 388 g/mol. The molecule has 6 heteroatoms. The molecule has 0 spiro atoms. The minimum atomic E-state index is -0.222. The van der Waals surface area contributed by atoms with Crippen molar-refractivity contribution in [1.82, 2.24) is 0 Å². The van der Waals surface area contributed by atoms with Gasteiger partial charge in [0.05, 0.1) is 28.6 Å². The molecule has 0 unspecified atom stereocenters. The highest BCUT2D eigenvalue weighted by molar-refractivity contribution is 6.33. The molecule has 0 saturated carbocycles. The number of carbonyl (C=O) groups excluding carboxylic acids is 1. The number of hydrogen-bond donors (Lipinski definition) is 1. The predicted octanol–water partition coefficient (Wildman–Crippen LogP) is 5.40. The van der Waals surface area contributed by atoms with E-state index in [9.17, 15) is 9.90 Å². The summed E-state index contributed by atoms with van der Waals surface area (Å²) in [5, 5.41) is 18.2. The lowest BCUT2D eigenvalue weighted by molar-refractivity contribution is -0.114. The molecule has 0 saturated heterocycles. The Kier molecular flexibility index (Phi) is 4.99. The molecular formula is C23H19ClN2O3. The van der Waals surface area contributed by atoms with Crippen molar-refractivity contribution in [2.24, 2.45) is 5.10 Å². The number of rotatable bonds is 4. The number of halogens is 1. The van der Waals surface area contributed by atoms with Crippen LogP contribution in [0.25, 0.3) is 16.8 Å². The van der Waals surface area contributed by atoms with Crippen LogP contribution in [0.5, 0.6) is 11.5 Å². The minimum absolute atomic E-state index is 0.114. The second-order valence-corrected chi connectivity index (χ2v) is 7.08. The van der Waals surface area contributed by atoms with Crippen LogP contribution in [0, 0.1) is 0 Å². The number of phenols is 1. The summed E-state index contributed by atoms with van der Waals surface area (Å²) in [4.78, 5) is 13.0. The van der Waals surface area contributed by atoms with Crippen LogP contribution in [0.1, 0.15) is 19.4 Å². The highest BCUT2D eigenvalue weighted by Crippen LogP contribution is 2.36. The monoisotopic (exact) mass is 406 g/mol. The number of anilines is 1. The maximum absolute atomic E-state index is 13.0. The number of amides is 1. The van der Waals surface area contributed by atoms with E-state index in [0.29, 0.717) is 29.1 Å². The third-order valence-electron chi connectivity index (χ3n) is 4.70. The van der Waals surface area contributed by atoms with Crippen LogP contribution in [0.2, 0.25) is 5.02 Å². The highest BCUT2D eigenvalue weighted by atomic mass is 35.5. The lowest BCUT2D eigenvalue weighted by Crippen LogP contribution is -2.21. The van der Waals surface area contributed by atoms with E-state index < -0.39 is 0 Å². The summed E-state index contributed by atoms with van der Waals surface area (Å²) in [6, 6.07) is 17.0. The Morgan fingerprint density at radius 3 is 2.66 bits per heavy atom. The molecule has 4 rings (SSSR count). The van der Waals surface area contributed by atoms with Crippen molar-refractivity contribution in [2.75, 3.05) is 11.6 Å². The van der Waals surface area contributed by atoms with Gasteiger partial charge >= 0.3 is 0 Å². The number of hydrogen-bond acceptors (Lipinski definition) is 4. The van der Waals surface area contributed by atoms with Gasteiger partial charge in [-0.15, -0.1) is 0 Å². The second kappa shape index (κ2) is 7.60. The first-order valence-corrected chi connectivity index (χ1v) is 9.61. The van der Waals surface area contributed by atoms with Crippen LogP contribution in [-0.2, 0) is 4.79 Å². The number of benzene rings is 3. The second-order valence-electron chi connectivity index (χ2n) is 6.67. The number of carbonyl (C=O) groups is 1. The number of phenolic OH excluding ortho intramolecular Hbond substituents is 1. The first-order chi connectivity index (χ1) is 14.0. The van der Waals surface area contributed by atoms with Crippen molar-refractivity contribution in [1.29, 1.82) is 0 Å². The zero-order chi connectivity index (χ0) is 20.5. The molecule has 1 aliphatic rings. The molecule has 146 valence electrons. The number of fused-ring (bicyclic) bond motifs is 1. The molecule has 0 bridgehead atoms. The van der Waals surface area contributed by atoms with Crippen molar-refractivity contribution < 1.29 is 14.6 Å². The fourth-order valence-electron chi connectivity index (χ4n) is 3.28. The molecule has 1 N–H and O–H groups in total. The van der Waals surface area contributed by atoms with Crippen LogP contribution in [0.3, 0.4) is 0 Å². The minimum Gasteiger partial charge on any atom is -0.503 e. The number of aromatic hydroxyl groups is 1. The highest BCUT2D eigenvalue weighted by Gasteiger charge is 2.29. The van der Waals surface area contributed by atoms with Crippen LogP contribution in [-0.4, -0.2) is 23.3 Å². The first-order valence-electron chi connectivity index (χ1n) is 9.23. The molecule has 0 atom stereocenters. The van der Waals surface area contributed by atoms with Gasteiger partial charge in [0.15, 0.2) is 11.5 Å². The maximum atomic E-state index is 13.0. The van der Waals surface area contributed by atoms with E-state index in [0.717, 1.165) is 10.8 Å². The van der Waals surface area contributed by atoms with Gasteiger partial charge in [-0.1, -0.05) is 41.9 Å². The molecule has 3 aromatic rings. The molecule has 5 nitrogen and oxygen atoms in total. The summed E-state index contributed by atoms with van der Waals surface area (Å²) in [5.74, 6) is -0.0604. The van der Waals surface area contributed by atoms with Gasteiger partial charge in [0.1, 0.15) is 0 Å². The van der Waals surface area contributed by atoms with Crippen molar-refractivity contribution in [2.45, 2.75) is 13.8 Å². The molecule has 3 aromatic carbocycles. The summed E-state index contributed by atoms with van der Waals surface area (Å²) in [6.45, 7) is 3.99. The standard InChI is InChI=1S/C23H19ClN2O3/c1-3-29-21-12-15(11-20(24)22(21)27)10-19-14(2)25-26(23(19)28)18-9-8-16-6-4-5-7-17(16)13-18/h4-13,27H,3H2,1-2H3/b19-10+. The van der Waals surface area contributed by atoms with Gasteiger partial charge in [0, 0.05) is 0 Å². The molecule has 0 fully saturated rings. The Morgan fingerprint density at radius 2 is 1.90 bits per heavy atom. The van der Waals surface area contributed by atoms with Gasteiger partial charge in [-0.2, -0.15) is 10.1 Å². The van der Waals surface area contributed by atoms with Crippen molar-refractivity contribution in [3.05, 3.63) is 70.8 Å². The fourth-order valence-corrected chi connectivity index (χ4v) is 3.50. The van der Waals surface area contributed by atoms with Crippen molar-refractivity contribution in [3.63, 3.8) is 0 Å². The van der Waals surface area contributed by atoms with Crippen LogP contribution in [0.15, 0.2) is 65.3 Å². The zero-order valence-electron chi connectivity index (χ0n) is 16.0.